The lowest BCUT2D eigenvalue weighted by Gasteiger charge is -2.14. The highest BCUT2D eigenvalue weighted by molar-refractivity contribution is 7.46. The SMILES string of the molecule is Cc1cc(NC(=O)c2cc(Cl)ccc2OP(=O)(O)O)cc(C(F)(F)F)c1.NCCO. The first kappa shape index (κ1) is 25.9. The molecule has 0 bridgehead atoms. The summed E-state index contributed by atoms with van der Waals surface area (Å²) in [5, 5.41) is 10.0. The molecule has 2 aromatic carbocycles. The third-order valence-corrected chi connectivity index (χ3v) is 3.86. The van der Waals surface area contributed by atoms with Gasteiger partial charge in [0.2, 0.25) is 0 Å². The van der Waals surface area contributed by atoms with Gasteiger partial charge < -0.3 is 20.7 Å². The molecule has 2 aromatic rings. The summed E-state index contributed by atoms with van der Waals surface area (Å²) in [6.45, 7) is 1.90. The molecule has 13 heteroatoms. The van der Waals surface area contributed by atoms with Gasteiger partial charge >= 0.3 is 14.0 Å². The number of nitrogens with two attached hydrogens (primary N) is 1. The molecule has 0 saturated heterocycles. The van der Waals surface area contributed by atoms with Crippen LogP contribution in [0.1, 0.15) is 21.5 Å². The Balaban J connectivity index is 0.00000103. The van der Waals surface area contributed by atoms with Crippen molar-refractivity contribution in [2.24, 2.45) is 5.73 Å². The van der Waals surface area contributed by atoms with E-state index in [0.717, 1.165) is 24.3 Å². The van der Waals surface area contributed by atoms with E-state index in [1.54, 1.807) is 0 Å². The Bertz CT molecular complexity index is 934. The average molecular weight is 471 g/mol. The Hall–Kier alpha value is -2.14. The van der Waals surface area contributed by atoms with E-state index >= 15 is 0 Å². The number of hydrogen-bond donors (Lipinski definition) is 5. The van der Waals surface area contributed by atoms with Crippen LogP contribution < -0.4 is 15.6 Å². The molecular formula is C17H19ClF3N2O6P. The fraction of sp³-hybridized carbons (Fsp3) is 0.235. The second-order valence-electron chi connectivity index (χ2n) is 5.77. The topological polar surface area (TPSA) is 142 Å². The van der Waals surface area contributed by atoms with Crippen molar-refractivity contribution in [3.63, 3.8) is 0 Å². The molecule has 0 heterocycles. The number of benzene rings is 2. The van der Waals surface area contributed by atoms with Gasteiger partial charge in [-0.3, -0.25) is 14.6 Å². The van der Waals surface area contributed by atoms with Crippen LogP contribution in [0.25, 0.3) is 0 Å². The first-order valence-corrected chi connectivity index (χ1v) is 10.0. The van der Waals surface area contributed by atoms with Gasteiger partial charge in [0.1, 0.15) is 5.75 Å². The van der Waals surface area contributed by atoms with E-state index < -0.39 is 31.2 Å². The number of alkyl halides is 3. The van der Waals surface area contributed by atoms with Crippen LogP contribution >= 0.6 is 19.4 Å². The fourth-order valence-corrected chi connectivity index (χ4v) is 2.69. The lowest BCUT2D eigenvalue weighted by molar-refractivity contribution is -0.137. The first-order chi connectivity index (χ1) is 13.8. The second-order valence-corrected chi connectivity index (χ2v) is 7.37. The third-order valence-electron chi connectivity index (χ3n) is 3.20. The van der Waals surface area contributed by atoms with Crippen LogP contribution in [-0.2, 0) is 10.7 Å². The minimum Gasteiger partial charge on any atom is -0.403 e. The highest BCUT2D eigenvalue weighted by Crippen LogP contribution is 2.40. The molecule has 0 fully saturated rings. The van der Waals surface area contributed by atoms with Gasteiger partial charge in [-0.25, -0.2) is 4.57 Å². The van der Waals surface area contributed by atoms with Crippen molar-refractivity contribution in [2.75, 3.05) is 18.5 Å². The number of carbonyl (C=O) groups is 1. The Kier molecular flexibility index (Phi) is 9.29. The van der Waals surface area contributed by atoms with Crippen molar-refractivity contribution in [1.29, 1.82) is 0 Å². The zero-order valence-corrected chi connectivity index (χ0v) is 17.1. The number of amides is 1. The maximum absolute atomic E-state index is 12.9. The number of rotatable bonds is 5. The van der Waals surface area contributed by atoms with Gasteiger partial charge in [-0.15, -0.1) is 0 Å². The molecule has 0 unspecified atom stereocenters. The van der Waals surface area contributed by atoms with Gasteiger partial charge in [0.05, 0.1) is 17.7 Å². The molecule has 1 amide bonds. The number of phosphoric acid groups is 1. The molecule has 6 N–H and O–H groups in total. The lowest BCUT2D eigenvalue weighted by Crippen LogP contribution is -2.15. The van der Waals surface area contributed by atoms with E-state index in [1.165, 1.54) is 19.1 Å². The van der Waals surface area contributed by atoms with Crippen molar-refractivity contribution in [2.45, 2.75) is 13.1 Å². The minimum atomic E-state index is -4.96. The molecule has 8 nitrogen and oxygen atoms in total. The second kappa shape index (κ2) is 10.8. The number of aryl methyl sites for hydroxylation is 1. The summed E-state index contributed by atoms with van der Waals surface area (Å²) >= 11 is 5.77. The molecule has 0 radical (unpaired) electrons. The number of carbonyl (C=O) groups excluding carboxylic acids is 1. The number of halogens is 4. The molecular weight excluding hydrogens is 452 g/mol. The van der Waals surface area contributed by atoms with E-state index in [1.807, 2.05) is 0 Å². The van der Waals surface area contributed by atoms with Crippen LogP contribution in [0.15, 0.2) is 36.4 Å². The van der Waals surface area contributed by atoms with Gasteiger partial charge in [0.25, 0.3) is 5.91 Å². The van der Waals surface area contributed by atoms with E-state index in [4.69, 9.17) is 32.2 Å². The first-order valence-electron chi connectivity index (χ1n) is 8.12. The predicted molar refractivity (Wildman–Crippen MR) is 104 cm³/mol. The molecule has 166 valence electrons. The maximum atomic E-state index is 12.9. The molecule has 0 aliphatic rings. The Morgan fingerprint density at radius 1 is 1.23 bits per heavy atom. The van der Waals surface area contributed by atoms with E-state index in [2.05, 4.69) is 9.84 Å². The molecule has 0 aromatic heterocycles. The summed E-state index contributed by atoms with van der Waals surface area (Å²) in [6.07, 6.45) is -4.60. The summed E-state index contributed by atoms with van der Waals surface area (Å²) in [7, 11) is -4.96. The van der Waals surface area contributed by atoms with Gasteiger partial charge in [0.15, 0.2) is 0 Å². The molecule has 0 saturated carbocycles. The number of nitrogens with one attached hydrogen (secondary N) is 1. The average Bonchev–Trinajstić information content (AvgIpc) is 2.61. The van der Waals surface area contributed by atoms with Gasteiger partial charge in [0, 0.05) is 17.3 Å². The summed E-state index contributed by atoms with van der Waals surface area (Å²) in [5.74, 6) is -1.42. The lowest BCUT2D eigenvalue weighted by atomic mass is 10.1. The summed E-state index contributed by atoms with van der Waals surface area (Å²) in [4.78, 5) is 30.2. The van der Waals surface area contributed by atoms with E-state index in [-0.39, 0.29) is 28.4 Å². The van der Waals surface area contributed by atoms with Crippen LogP contribution in [0, 0.1) is 6.92 Å². The highest BCUT2D eigenvalue weighted by atomic mass is 35.5. The van der Waals surface area contributed by atoms with Gasteiger partial charge in [-0.2, -0.15) is 13.2 Å². The van der Waals surface area contributed by atoms with E-state index in [9.17, 15) is 22.5 Å². The van der Waals surface area contributed by atoms with Crippen LogP contribution in [0.3, 0.4) is 0 Å². The van der Waals surface area contributed by atoms with Crippen molar-refractivity contribution >= 4 is 31.0 Å². The molecule has 0 spiro atoms. The summed E-state index contributed by atoms with van der Waals surface area (Å²) in [5.41, 5.74) is 3.58. The number of anilines is 1. The van der Waals surface area contributed by atoms with Crippen LogP contribution in [0.4, 0.5) is 18.9 Å². The number of hydrogen-bond acceptors (Lipinski definition) is 5. The number of aliphatic hydroxyl groups is 1. The van der Waals surface area contributed by atoms with E-state index in [0.29, 0.717) is 6.54 Å². The Morgan fingerprint density at radius 2 is 1.83 bits per heavy atom. The van der Waals surface area contributed by atoms with Crippen molar-refractivity contribution < 1.29 is 41.9 Å². The zero-order chi connectivity index (χ0) is 23.1. The van der Waals surface area contributed by atoms with Crippen molar-refractivity contribution in [3.05, 3.63) is 58.1 Å². The Morgan fingerprint density at radius 3 is 2.33 bits per heavy atom. The zero-order valence-electron chi connectivity index (χ0n) is 15.5. The molecule has 30 heavy (non-hydrogen) atoms. The maximum Gasteiger partial charge on any atom is 0.524 e. The number of phosphoric ester groups is 1. The predicted octanol–water partition coefficient (Wildman–Crippen LogP) is 3.33. The largest absolute Gasteiger partial charge is 0.524 e. The monoisotopic (exact) mass is 470 g/mol. The summed E-state index contributed by atoms with van der Waals surface area (Å²) < 4.78 is 54.0. The molecule has 2 rings (SSSR count). The quantitative estimate of drug-likeness (QED) is 0.422. The van der Waals surface area contributed by atoms with Crippen LogP contribution in [-0.4, -0.2) is 34.0 Å². The van der Waals surface area contributed by atoms with Crippen LogP contribution in [0.5, 0.6) is 5.75 Å². The molecule has 0 aliphatic carbocycles. The van der Waals surface area contributed by atoms with Gasteiger partial charge in [-0.05, 0) is 48.9 Å². The minimum absolute atomic E-state index is 0.0634. The normalized spacial score (nSPS) is 11.4. The van der Waals surface area contributed by atoms with Crippen LogP contribution in [0.2, 0.25) is 5.02 Å². The van der Waals surface area contributed by atoms with Gasteiger partial charge in [-0.1, -0.05) is 11.6 Å². The van der Waals surface area contributed by atoms with Crippen molar-refractivity contribution in [3.8, 4) is 5.75 Å². The molecule has 0 atom stereocenters. The smallest absolute Gasteiger partial charge is 0.403 e. The summed E-state index contributed by atoms with van der Waals surface area (Å²) in [6, 6.07) is 6.32. The van der Waals surface area contributed by atoms with Crippen molar-refractivity contribution in [1.82, 2.24) is 0 Å². The Labute approximate surface area is 174 Å². The fourth-order valence-electron chi connectivity index (χ4n) is 2.10. The number of aliphatic hydroxyl groups excluding tert-OH is 1. The molecule has 0 aliphatic heterocycles. The standard InChI is InChI=1S/C15H12ClF3NO5P.C2H7NO/c1-8-4-9(15(17,18)19)6-11(5-8)20-14(21)12-7-10(16)2-3-13(12)25-26(22,23)24;3-1-2-4/h2-7H,1H3,(H,20,21)(H2,22,23,24);4H,1-3H2. The highest BCUT2D eigenvalue weighted by Gasteiger charge is 2.31. The third kappa shape index (κ3) is 8.70.